The molecule has 6 heteroatoms. The largest absolute Gasteiger partial charge is 0.387 e. The number of aliphatic hydroxyl groups excluding tert-OH is 2. The van der Waals surface area contributed by atoms with Crippen LogP contribution >= 0.6 is 23.2 Å². The molecule has 2 N–H and O–H groups in total. The standard InChI is InChI=1S/C43H38Cl2O4/c1-41(2,44)39(48)27-17-13-25(14-18-27)23-43(24-26-15-19-28(20-16-26)40(49)42(3,4)45)35-12-8-7-9-29(35)32-21-33-34(22-36(32)43)38(47)31-11-6-5-10-30(31)37(33)46/h5-22,39-40,48-49H,23-24H2,1-4H3. The molecule has 0 saturated heterocycles. The molecule has 0 spiro atoms. The summed E-state index contributed by atoms with van der Waals surface area (Å²) in [6, 6.07) is 35.1. The van der Waals surface area contributed by atoms with Crippen molar-refractivity contribution < 1.29 is 19.8 Å². The van der Waals surface area contributed by atoms with Crippen LogP contribution < -0.4 is 0 Å². The highest BCUT2D eigenvalue weighted by molar-refractivity contribution is 6.29. The summed E-state index contributed by atoms with van der Waals surface area (Å²) < 4.78 is 0. The molecule has 2 unspecified atom stereocenters. The van der Waals surface area contributed by atoms with E-state index in [9.17, 15) is 19.8 Å². The van der Waals surface area contributed by atoms with Crippen LogP contribution in [0.5, 0.6) is 0 Å². The summed E-state index contributed by atoms with van der Waals surface area (Å²) in [6.45, 7) is 7.16. The van der Waals surface area contributed by atoms with Gasteiger partial charge in [0.2, 0.25) is 0 Å². The summed E-state index contributed by atoms with van der Waals surface area (Å²) >= 11 is 12.9. The van der Waals surface area contributed by atoms with Gasteiger partial charge in [0.1, 0.15) is 0 Å². The molecule has 0 aromatic heterocycles. The summed E-state index contributed by atoms with van der Waals surface area (Å²) in [4.78, 5) is 26.2. The second kappa shape index (κ2) is 12.1. The van der Waals surface area contributed by atoms with Crippen molar-refractivity contribution in [1.82, 2.24) is 0 Å². The molecule has 248 valence electrons. The van der Waals surface area contributed by atoms with Gasteiger partial charge in [0.25, 0.3) is 0 Å². The minimum absolute atomic E-state index is 0.143. The molecule has 2 aliphatic rings. The molecule has 5 aromatic rings. The predicted molar refractivity (Wildman–Crippen MR) is 196 cm³/mol. The van der Waals surface area contributed by atoms with Crippen molar-refractivity contribution in [3.63, 3.8) is 0 Å². The molecule has 0 bridgehead atoms. The van der Waals surface area contributed by atoms with Gasteiger partial charge >= 0.3 is 0 Å². The first-order valence-electron chi connectivity index (χ1n) is 16.6. The van der Waals surface area contributed by atoms with E-state index in [0.717, 1.165) is 44.5 Å². The molecule has 2 aliphatic carbocycles. The zero-order valence-corrected chi connectivity index (χ0v) is 29.4. The Kier molecular flexibility index (Phi) is 8.23. The Labute approximate surface area is 297 Å². The third kappa shape index (κ3) is 5.75. The number of aliphatic hydroxyl groups is 2. The Balaban J connectivity index is 1.40. The Bertz CT molecular complexity index is 2040. The quantitative estimate of drug-likeness (QED) is 0.156. The maximum absolute atomic E-state index is 14.0. The molecule has 0 saturated carbocycles. The van der Waals surface area contributed by atoms with Crippen LogP contribution in [0, 0.1) is 0 Å². The van der Waals surface area contributed by atoms with Crippen molar-refractivity contribution in [2.45, 2.75) is 67.9 Å². The van der Waals surface area contributed by atoms with Gasteiger partial charge in [-0.2, -0.15) is 0 Å². The Hall–Kier alpha value is -4.06. The van der Waals surface area contributed by atoms with Gasteiger partial charge < -0.3 is 10.2 Å². The molecule has 0 fully saturated rings. The summed E-state index contributed by atoms with van der Waals surface area (Å²) in [7, 11) is 0. The molecule has 0 radical (unpaired) electrons. The van der Waals surface area contributed by atoms with Crippen molar-refractivity contribution in [2.75, 3.05) is 0 Å². The minimum Gasteiger partial charge on any atom is -0.387 e. The van der Waals surface area contributed by atoms with Crippen molar-refractivity contribution in [2.24, 2.45) is 0 Å². The highest BCUT2D eigenvalue weighted by Crippen LogP contribution is 2.54. The number of rotatable bonds is 8. The number of fused-ring (bicyclic) bond motifs is 5. The Morgan fingerprint density at radius 1 is 0.531 bits per heavy atom. The van der Waals surface area contributed by atoms with E-state index in [0.29, 0.717) is 35.1 Å². The number of carbonyl (C=O) groups is 2. The van der Waals surface area contributed by atoms with E-state index in [1.807, 2.05) is 72.8 Å². The van der Waals surface area contributed by atoms with Gasteiger partial charge in [-0.15, -0.1) is 23.2 Å². The second-order valence-corrected chi connectivity index (χ2v) is 16.5. The topological polar surface area (TPSA) is 74.6 Å². The van der Waals surface area contributed by atoms with Gasteiger partial charge in [0, 0.05) is 27.7 Å². The van der Waals surface area contributed by atoms with Gasteiger partial charge in [-0.25, -0.2) is 0 Å². The number of hydrogen-bond donors (Lipinski definition) is 2. The van der Waals surface area contributed by atoms with Crippen molar-refractivity contribution in [3.8, 4) is 11.1 Å². The van der Waals surface area contributed by atoms with E-state index in [1.165, 1.54) is 0 Å². The Morgan fingerprint density at radius 2 is 0.939 bits per heavy atom. The zero-order valence-electron chi connectivity index (χ0n) is 27.9. The minimum atomic E-state index is -0.838. The molecule has 4 nitrogen and oxygen atoms in total. The van der Waals surface area contributed by atoms with Gasteiger partial charge in [0.15, 0.2) is 11.6 Å². The van der Waals surface area contributed by atoms with Crippen LogP contribution in [-0.2, 0) is 18.3 Å². The summed E-state index contributed by atoms with van der Waals surface area (Å²) in [5.41, 5.74) is 8.74. The number of carbonyl (C=O) groups excluding carboxylic acids is 2. The van der Waals surface area contributed by atoms with E-state index in [-0.39, 0.29) is 11.6 Å². The fourth-order valence-corrected chi connectivity index (χ4v) is 7.86. The average molecular weight is 690 g/mol. The second-order valence-electron chi connectivity index (χ2n) is 14.5. The average Bonchev–Trinajstić information content (AvgIpc) is 3.34. The van der Waals surface area contributed by atoms with E-state index in [2.05, 4.69) is 12.1 Å². The smallest absolute Gasteiger partial charge is 0.194 e. The summed E-state index contributed by atoms with van der Waals surface area (Å²) in [6.07, 6.45) is -0.493. The monoisotopic (exact) mass is 688 g/mol. The molecule has 0 amide bonds. The van der Waals surface area contributed by atoms with E-state index in [4.69, 9.17) is 23.2 Å². The fraction of sp³-hybridized carbons (Fsp3) is 0.256. The highest BCUT2D eigenvalue weighted by atomic mass is 35.5. The fourth-order valence-electron chi connectivity index (χ4n) is 7.61. The molecule has 5 aromatic carbocycles. The molecule has 7 rings (SSSR count). The predicted octanol–water partition coefficient (Wildman–Crippen LogP) is 9.32. The lowest BCUT2D eigenvalue weighted by Crippen LogP contribution is -2.32. The highest BCUT2D eigenvalue weighted by Gasteiger charge is 2.45. The van der Waals surface area contributed by atoms with E-state index < -0.39 is 27.4 Å². The van der Waals surface area contributed by atoms with Gasteiger partial charge in [-0.1, -0.05) is 97.1 Å². The molecule has 2 atom stereocenters. The van der Waals surface area contributed by atoms with Gasteiger partial charge in [-0.05, 0) is 97.2 Å². The Morgan fingerprint density at radius 3 is 1.39 bits per heavy atom. The normalized spacial score (nSPS) is 18.0. The first kappa shape index (κ1) is 33.4. The third-order valence-electron chi connectivity index (χ3n) is 10.2. The van der Waals surface area contributed by atoms with Gasteiger partial charge in [-0.3, -0.25) is 9.59 Å². The van der Waals surface area contributed by atoms with Crippen LogP contribution in [0.15, 0.2) is 109 Å². The lowest BCUT2D eigenvalue weighted by Gasteiger charge is -2.34. The molecule has 0 heterocycles. The lowest BCUT2D eigenvalue weighted by molar-refractivity contribution is 0.0979. The van der Waals surface area contributed by atoms with Crippen molar-refractivity contribution in [3.05, 3.63) is 165 Å². The van der Waals surface area contributed by atoms with E-state index in [1.54, 1.807) is 52.0 Å². The number of halogens is 2. The maximum Gasteiger partial charge on any atom is 0.194 e. The number of benzene rings is 5. The summed E-state index contributed by atoms with van der Waals surface area (Å²) in [5, 5.41) is 21.7. The lowest BCUT2D eigenvalue weighted by atomic mass is 9.68. The molecule has 0 aliphatic heterocycles. The van der Waals surface area contributed by atoms with E-state index >= 15 is 0 Å². The van der Waals surface area contributed by atoms with Crippen LogP contribution in [0.1, 0.15) is 105 Å². The number of alkyl halides is 2. The molecular weight excluding hydrogens is 651 g/mol. The van der Waals surface area contributed by atoms with Crippen LogP contribution in [-0.4, -0.2) is 31.5 Å². The van der Waals surface area contributed by atoms with Gasteiger partial charge in [0.05, 0.1) is 22.0 Å². The van der Waals surface area contributed by atoms with Crippen molar-refractivity contribution >= 4 is 34.8 Å². The van der Waals surface area contributed by atoms with Crippen LogP contribution in [0.2, 0.25) is 0 Å². The molecule has 49 heavy (non-hydrogen) atoms. The first-order chi connectivity index (χ1) is 23.2. The van der Waals surface area contributed by atoms with Crippen LogP contribution in [0.4, 0.5) is 0 Å². The SMILES string of the molecule is CC(C)(Cl)C(O)c1ccc(CC2(Cc3ccc(C(O)C(C)(C)Cl)cc3)c3ccccc3-c3cc4c(cc32)C(=O)c2ccccc2C4=O)cc1. The maximum atomic E-state index is 14.0. The van der Waals surface area contributed by atoms with Crippen LogP contribution in [0.25, 0.3) is 11.1 Å². The first-order valence-corrected chi connectivity index (χ1v) is 17.3. The summed E-state index contributed by atoms with van der Waals surface area (Å²) in [5.74, 6) is -0.294. The molecular formula is C43H38Cl2O4. The van der Waals surface area contributed by atoms with Crippen molar-refractivity contribution in [1.29, 1.82) is 0 Å². The number of hydrogen-bond acceptors (Lipinski definition) is 4. The third-order valence-corrected chi connectivity index (χ3v) is 10.6. The number of ketones is 2. The van der Waals surface area contributed by atoms with Crippen LogP contribution in [0.3, 0.4) is 0 Å². The zero-order chi connectivity index (χ0) is 34.9.